The van der Waals surface area contributed by atoms with Crippen LogP contribution in [0.2, 0.25) is 0 Å². The van der Waals surface area contributed by atoms with Gasteiger partial charge in [0.2, 0.25) is 0 Å². The van der Waals surface area contributed by atoms with Gasteiger partial charge in [-0.05, 0) is 6.42 Å². The number of hydrogen-bond acceptors (Lipinski definition) is 4. The minimum atomic E-state index is -0.455. The van der Waals surface area contributed by atoms with Crippen molar-refractivity contribution in [1.29, 1.82) is 0 Å². The Morgan fingerprint density at radius 2 is 2.06 bits per heavy atom. The second kappa shape index (κ2) is 5.50. The molecule has 16 heavy (non-hydrogen) atoms. The molecule has 0 aliphatic rings. The van der Waals surface area contributed by atoms with Crippen molar-refractivity contribution in [2.45, 2.75) is 19.9 Å². The standard InChI is InChI=1S/C10H17N3O3/c1-3-5-16-6-4-13-9(14)8(11)7-12(2)10(13)15/h7H,3-6,11H2,1-2H3. The Labute approximate surface area is 93.3 Å². The van der Waals surface area contributed by atoms with Gasteiger partial charge in [0.15, 0.2) is 0 Å². The summed E-state index contributed by atoms with van der Waals surface area (Å²) in [6.07, 6.45) is 2.23. The molecule has 1 heterocycles. The van der Waals surface area contributed by atoms with Crippen molar-refractivity contribution in [3.63, 3.8) is 0 Å². The molecule has 0 aliphatic heterocycles. The number of nitrogen functional groups attached to an aromatic ring is 1. The molecule has 0 fully saturated rings. The maximum Gasteiger partial charge on any atom is 0.330 e. The number of nitrogens with two attached hydrogens (primary N) is 1. The fourth-order valence-corrected chi connectivity index (χ4v) is 1.35. The lowest BCUT2D eigenvalue weighted by molar-refractivity contribution is 0.125. The van der Waals surface area contributed by atoms with Crippen molar-refractivity contribution < 1.29 is 4.74 Å². The summed E-state index contributed by atoms with van der Waals surface area (Å²) in [5.74, 6) is 0. The second-order valence-electron chi connectivity index (χ2n) is 3.55. The maximum absolute atomic E-state index is 11.6. The number of aryl methyl sites for hydroxylation is 1. The SMILES string of the molecule is CCCOCCn1c(=O)c(N)cn(C)c1=O. The molecule has 0 bridgehead atoms. The van der Waals surface area contributed by atoms with E-state index in [9.17, 15) is 9.59 Å². The molecule has 6 nitrogen and oxygen atoms in total. The third kappa shape index (κ3) is 2.73. The molecule has 0 aromatic carbocycles. The average Bonchev–Trinajstić information content (AvgIpc) is 2.25. The third-order valence-electron chi connectivity index (χ3n) is 2.17. The van der Waals surface area contributed by atoms with Gasteiger partial charge in [-0.1, -0.05) is 6.92 Å². The molecule has 2 N–H and O–H groups in total. The van der Waals surface area contributed by atoms with Crippen LogP contribution in [0.5, 0.6) is 0 Å². The molecule has 0 spiro atoms. The number of ether oxygens (including phenoxy) is 1. The van der Waals surface area contributed by atoms with Gasteiger partial charge in [0.1, 0.15) is 5.69 Å². The molecule has 0 atom stereocenters. The average molecular weight is 227 g/mol. The van der Waals surface area contributed by atoms with E-state index in [4.69, 9.17) is 10.5 Å². The summed E-state index contributed by atoms with van der Waals surface area (Å²) in [5, 5.41) is 0. The normalized spacial score (nSPS) is 10.6. The van der Waals surface area contributed by atoms with E-state index in [1.807, 2.05) is 6.92 Å². The first-order valence-corrected chi connectivity index (χ1v) is 5.21. The van der Waals surface area contributed by atoms with Crippen molar-refractivity contribution in [1.82, 2.24) is 9.13 Å². The minimum absolute atomic E-state index is 0.0672. The summed E-state index contributed by atoms with van der Waals surface area (Å²) in [7, 11) is 1.56. The topological polar surface area (TPSA) is 79.2 Å². The monoisotopic (exact) mass is 227 g/mol. The first-order chi connectivity index (χ1) is 7.57. The van der Waals surface area contributed by atoms with Crippen molar-refractivity contribution >= 4 is 5.69 Å². The van der Waals surface area contributed by atoms with Gasteiger partial charge < -0.3 is 15.0 Å². The van der Waals surface area contributed by atoms with Crippen molar-refractivity contribution in [2.75, 3.05) is 18.9 Å². The Kier molecular flexibility index (Phi) is 4.30. The fraction of sp³-hybridized carbons (Fsp3) is 0.600. The molecule has 0 amide bonds. The van der Waals surface area contributed by atoms with Crippen LogP contribution < -0.4 is 17.0 Å². The minimum Gasteiger partial charge on any atom is -0.393 e. The summed E-state index contributed by atoms with van der Waals surface area (Å²) >= 11 is 0. The zero-order valence-electron chi connectivity index (χ0n) is 9.60. The van der Waals surface area contributed by atoms with Crippen LogP contribution in [0.3, 0.4) is 0 Å². The number of hydrogen-bond donors (Lipinski definition) is 1. The van der Waals surface area contributed by atoms with Gasteiger partial charge in [0.25, 0.3) is 5.56 Å². The summed E-state index contributed by atoms with van der Waals surface area (Å²) in [4.78, 5) is 23.2. The Bertz CT molecular complexity index is 427. The number of rotatable bonds is 5. The van der Waals surface area contributed by atoms with Gasteiger partial charge >= 0.3 is 5.69 Å². The molecular formula is C10H17N3O3. The summed E-state index contributed by atoms with van der Waals surface area (Å²) in [6, 6.07) is 0. The predicted molar refractivity (Wildman–Crippen MR) is 61.5 cm³/mol. The summed E-state index contributed by atoms with van der Waals surface area (Å²) < 4.78 is 7.60. The van der Waals surface area contributed by atoms with E-state index in [1.165, 1.54) is 10.8 Å². The van der Waals surface area contributed by atoms with E-state index >= 15 is 0 Å². The molecule has 0 aliphatic carbocycles. The lowest BCUT2D eigenvalue weighted by atomic mass is 10.5. The van der Waals surface area contributed by atoms with Crippen molar-refractivity contribution in [2.24, 2.45) is 7.05 Å². The highest BCUT2D eigenvalue weighted by molar-refractivity contribution is 5.30. The van der Waals surface area contributed by atoms with Gasteiger partial charge in [-0.3, -0.25) is 9.36 Å². The van der Waals surface area contributed by atoms with Gasteiger partial charge in [-0.25, -0.2) is 4.79 Å². The lowest BCUT2D eigenvalue weighted by Crippen LogP contribution is -2.40. The molecule has 1 rings (SSSR count). The molecule has 0 saturated heterocycles. The van der Waals surface area contributed by atoms with E-state index in [2.05, 4.69) is 0 Å². The van der Waals surface area contributed by atoms with Gasteiger partial charge in [-0.15, -0.1) is 0 Å². The first-order valence-electron chi connectivity index (χ1n) is 5.21. The van der Waals surface area contributed by atoms with E-state index < -0.39 is 5.56 Å². The Morgan fingerprint density at radius 1 is 1.38 bits per heavy atom. The Morgan fingerprint density at radius 3 is 2.69 bits per heavy atom. The molecule has 0 unspecified atom stereocenters. The number of nitrogens with zero attached hydrogens (tertiary/aromatic N) is 2. The smallest absolute Gasteiger partial charge is 0.330 e. The van der Waals surface area contributed by atoms with Gasteiger partial charge in [-0.2, -0.15) is 0 Å². The molecule has 6 heteroatoms. The van der Waals surface area contributed by atoms with Crippen LogP contribution in [-0.4, -0.2) is 22.3 Å². The fourth-order valence-electron chi connectivity index (χ4n) is 1.35. The highest BCUT2D eigenvalue weighted by Crippen LogP contribution is 1.88. The van der Waals surface area contributed by atoms with Crippen molar-refractivity contribution in [3.05, 3.63) is 27.0 Å². The molecule has 90 valence electrons. The maximum atomic E-state index is 11.6. The van der Waals surface area contributed by atoms with Gasteiger partial charge in [0, 0.05) is 19.9 Å². The summed E-state index contributed by atoms with van der Waals surface area (Å²) in [5.41, 5.74) is 4.72. The second-order valence-corrected chi connectivity index (χ2v) is 3.55. The third-order valence-corrected chi connectivity index (χ3v) is 2.17. The Hall–Kier alpha value is -1.56. The molecule has 1 aromatic rings. The van der Waals surface area contributed by atoms with Crippen LogP contribution in [0.25, 0.3) is 0 Å². The van der Waals surface area contributed by atoms with Crippen LogP contribution in [0.4, 0.5) is 5.69 Å². The highest BCUT2D eigenvalue weighted by atomic mass is 16.5. The van der Waals surface area contributed by atoms with Crippen LogP contribution in [0, 0.1) is 0 Å². The number of anilines is 1. The quantitative estimate of drug-likeness (QED) is 0.691. The van der Waals surface area contributed by atoms with Crippen LogP contribution in [-0.2, 0) is 18.3 Å². The molecule has 0 saturated carbocycles. The van der Waals surface area contributed by atoms with Crippen LogP contribution >= 0.6 is 0 Å². The van der Waals surface area contributed by atoms with E-state index in [0.717, 1.165) is 11.0 Å². The lowest BCUT2D eigenvalue weighted by Gasteiger charge is -2.08. The highest BCUT2D eigenvalue weighted by Gasteiger charge is 2.06. The first kappa shape index (κ1) is 12.5. The molecule has 1 aromatic heterocycles. The zero-order valence-corrected chi connectivity index (χ0v) is 9.60. The van der Waals surface area contributed by atoms with E-state index in [1.54, 1.807) is 7.05 Å². The van der Waals surface area contributed by atoms with E-state index in [-0.39, 0.29) is 17.9 Å². The largest absolute Gasteiger partial charge is 0.393 e. The molecular weight excluding hydrogens is 210 g/mol. The number of aromatic nitrogens is 2. The summed E-state index contributed by atoms with van der Waals surface area (Å²) in [6.45, 7) is 3.19. The van der Waals surface area contributed by atoms with Crippen LogP contribution in [0.15, 0.2) is 15.8 Å². The van der Waals surface area contributed by atoms with Crippen molar-refractivity contribution in [3.8, 4) is 0 Å². The van der Waals surface area contributed by atoms with E-state index in [0.29, 0.717) is 13.2 Å². The predicted octanol–water partition coefficient (Wildman–Crippen LogP) is -0.444. The molecule has 0 radical (unpaired) electrons. The van der Waals surface area contributed by atoms with Gasteiger partial charge in [0.05, 0.1) is 13.2 Å². The van der Waals surface area contributed by atoms with Crippen LogP contribution in [0.1, 0.15) is 13.3 Å². The Balaban J connectivity index is 2.87. The zero-order chi connectivity index (χ0) is 12.1.